The first-order chi connectivity index (χ1) is 18.2. The molecule has 0 aliphatic heterocycles. The molecule has 0 aromatic heterocycles. The van der Waals surface area contributed by atoms with Gasteiger partial charge in [0.25, 0.3) is 0 Å². The van der Waals surface area contributed by atoms with Crippen molar-refractivity contribution in [1.82, 2.24) is 0 Å². The van der Waals surface area contributed by atoms with Crippen molar-refractivity contribution in [3.63, 3.8) is 0 Å². The second-order valence-corrected chi connectivity index (χ2v) is 12.0. The maximum atomic E-state index is 12.1. The standard InChI is InChI=1S/C36H64O/c1-3-5-7-9-11-13-15-16-17-18-19-21-23-25-27-29-32-36(33-30-35(37)34-36)31-28-26-24-22-20-14-12-10-8-6-4-2/h8,10-11,13,16-17H,3-7,9,12,14-15,18-34H2,1-2H3/b10-8-,13-11-,17-16-. The van der Waals surface area contributed by atoms with Crippen LogP contribution < -0.4 is 0 Å². The summed E-state index contributed by atoms with van der Waals surface area (Å²) in [5.41, 5.74) is 0.371. The number of hydrogen-bond acceptors (Lipinski definition) is 1. The number of carbonyl (C=O) groups excluding carboxylic acids is 1. The average Bonchev–Trinajstić information content (AvgIpc) is 3.27. The molecule has 37 heavy (non-hydrogen) atoms. The minimum Gasteiger partial charge on any atom is -0.300 e. The van der Waals surface area contributed by atoms with E-state index in [0.717, 1.165) is 19.3 Å². The third-order valence-electron chi connectivity index (χ3n) is 8.36. The van der Waals surface area contributed by atoms with E-state index >= 15 is 0 Å². The Bertz CT molecular complexity index is 598. The Labute approximate surface area is 233 Å². The predicted octanol–water partition coefficient (Wildman–Crippen LogP) is 12.4. The van der Waals surface area contributed by atoms with Gasteiger partial charge in [-0.2, -0.15) is 0 Å². The SMILES string of the molecule is CCC/C=C\CCCCCCCCC1(CCCCCCCC/C=C\C/C=C\CCCCC)CCC(=O)C1. The van der Waals surface area contributed by atoms with Crippen LogP contribution in [0.4, 0.5) is 0 Å². The monoisotopic (exact) mass is 512 g/mol. The van der Waals surface area contributed by atoms with Crippen LogP contribution in [0.2, 0.25) is 0 Å². The number of hydrogen-bond donors (Lipinski definition) is 0. The molecule has 1 saturated carbocycles. The molecule has 1 aliphatic carbocycles. The summed E-state index contributed by atoms with van der Waals surface area (Å²) in [5, 5.41) is 0. The van der Waals surface area contributed by atoms with Crippen LogP contribution in [0.25, 0.3) is 0 Å². The molecule has 0 aromatic rings. The van der Waals surface area contributed by atoms with Crippen LogP contribution in [0.15, 0.2) is 36.5 Å². The van der Waals surface area contributed by atoms with E-state index < -0.39 is 0 Å². The van der Waals surface area contributed by atoms with Crippen LogP contribution in [0, 0.1) is 5.41 Å². The van der Waals surface area contributed by atoms with E-state index in [1.54, 1.807) is 0 Å². The Morgan fingerprint density at radius 2 is 1.00 bits per heavy atom. The molecule has 0 heterocycles. The van der Waals surface area contributed by atoms with Crippen molar-refractivity contribution in [2.75, 3.05) is 0 Å². The van der Waals surface area contributed by atoms with Gasteiger partial charge in [-0.05, 0) is 76.0 Å². The molecule has 0 spiro atoms. The molecule has 1 heteroatoms. The maximum absolute atomic E-state index is 12.1. The summed E-state index contributed by atoms with van der Waals surface area (Å²) in [6.07, 6.45) is 47.4. The summed E-state index contributed by atoms with van der Waals surface area (Å²) in [5.74, 6) is 0.538. The summed E-state index contributed by atoms with van der Waals surface area (Å²) >= 11 is 0. The topological polar surface area (TPSA) is 17.1 Å². The van der Waals surface area contributed by atoms with E-state index in [2.05, 4.69) is 50.3 Å². The Kier molecular flexibility index (Phi) is 23.1. The van der Waals surface area contributed by atoms with Crippen LogP contribution >= 0.6 is 0 Å². The lowest BCUT2D eigenvalue weighted by Crippen LogP contribution is -2.17. The zero-order valence-corrected chi connectivity index (χ0v) is 25.3. The highest BCUT2D eigenvalue weighted by Crippen LogP contribution is 2.45. The fraction of sp³-hybridized carbons (Fsp3) is 0.806. The molecule has 1 aliphatic rings. The number of ketones is 1. The molecule has 1 unspecified atom stereocenters. The van der Waals surface area contributed by atoms with E-state index in [1.807, 2.05) is 0 Å². The van der Waals surface area contributed by atoms with Crippen molar-refractivity contribution in [3.8, 4) is 0 Å². The molecule has 0 N–H and O–H groups in total. The van der Waals surface area contributed by atoms with Gasteiger partial charge in [0.1, 0.15) is 5.78 Å². The molecule has 0 bridgehead atoms. The first-order valence-corrected chi connectivity index (χ1v) is 16.7. The van der Waals surface area contributed by atoms with Gasteiger partial charge in [-0.15, -0.1) is 0 Å². The van der Waals surface area contributed by atoms with Crippen LogP contribution in [0.1, 0.15) is 181 Å². The summed E-state index contributed by atoms with van der Waals surface area (Å²) in [6, 6.07) is 0. The van der Waals surface area contributed by atoms with Gasteiger partial charge < -0.3 is 0 Å². The number of Topliss-reactive ketones (excluding diaryl/α,β-unsaturated/α-hetero) is 1. The van der Waals surface area contributed by atoms with Gasteiger partial charge in [-0.3, -0.25) is 4.79 Å². The van der Waals surface area contributed by atoms with Crippen molar-refractivity contribution in [1.29, 1.82) is 0 Å². The summed E-state index contributed by atoms with van der Waals surface area (Å²) in [7, 11) is 0. The molecule has 1 atom stereocenters. The van der Waals surface area contributed by atoms with Crippen LogP contribution in [0.3, 0.4) is 0 Å². The third kappa shape index (κ3) is 20.5. The minimum atomic E-state index is 0.371. The first kappa shape index (κ1) is 33.9. The van der Waals surface area contributed by atoms with Crippen LogP contribution in [0.5, 0.6) is 0 Å². The fourth-order valence-electron chi connectivity index (χ4n) is 5.91. The summed E-state index contributed by atoms with van der Waals surface area (Å²) < 4.78 is 0. The Morgan fingerprint density at radius 1 is 0.541 bits per heavy atom. The van der Waals surface area contributed by atoms with Crippen LogP contribution in [-0.2, 0) is 4.79 Å². The zero-order chi connectivity index (χ0) is 26.7. The lowest BCUT2D eigenvalue weighted by molar-refractivity contribution is -0.118. The van der Waals surface area contributed by atoms with Crippen molar-refractivity contribution < 1.29 is 4.79 Å². The van der Waals surface area contributed by atoms with Crippen molar-refractivity contribution in [2.24, 2.45) is 5.41 Å². The zero-order valence-electron chi connectivity index (χ0n) is 25.3. The Hall–Kier alpha value is -1.11. The quantitative estimate of drug-likeness (QED) is 0.0831. The molecular formula is C36H64O. The molecule has 0 amide bonds. The van der Waals surface area contributed by atoms with Gasteiger partial charge in [-0.25, -0.2) is 0 Å². The van der Waals surface area contributed by atoms with E-state index in [4.69, 9.17) is 0 Å². The lowest BCUT2D eigenvalue weighted by Gasteiger charge is -2.28. The highest BCUT2D eigenvalue weighted by Gasteiger charge is 2.36. The molecule has 1 nitrogen and oxygen atoms in total. The summed E-state index contributed by atoms with van der Waals surface area (Å²) in [6.45, 7) is 4.51. The second-order valence-electron chi connectivity index (χ2n) is 12.0. The van der Waals surface area contributed by atoms with Gasteiger partial charge in [0.15, 0.2) is 0 Å². The number of allylic oxidation sites excluding steroid dienone is 6. The second kappa shape index (κ2) is 25.2. The van der Waals surface area contributed by atoms with Crippen molar-refractivity contribution in [3.05, 3.63) is 36.5 Å². The maximum Gasteiger partial charge on any atom is 0.133 e. The van der Waals surface area contributed by atoms with E-state index in [-0.39, 0.29) is 0 Å². The molecule has 1 rings (SSSR count). The fourth-order valence-corrected chi connectivity index (χ4v) is 5.91. The number of rotatable bonds is 26. The average molecular weight is 513 g/mol. The molecule has 1 fully saturated rings. The first-order valence-electron chi connectivity index (χ1n) is 16.7. The molecule has 0 saturated heterocycles. The third-order valence-corrected chi connectivity index (χ3v) is 8.36. The van der Waals surface area contributed by atoms with Crippen molar-refractivity contribution in [2.45, 2.75) is 181 Å². The minimum absolute atomic E-state index is 0.371. The smallest absolute Gasteiger partial charge is 0.133 e. The van der Waals surface area contributed by atoms with Gasteiger partial charge in [0.05, 0.1) is 0 Å². The molecule has 0 radical (unpaired) electrons. The van der Waals surface area contributed by atoms with E-state index in [0.29, 0.717) is 11.2 Å². The molecule has 214 valence electrons. The normalized spacial score (nSPS) is 18.4. The van der Waals surface area contributed by atoms with Gasteiger partial charge in [0, 0.05) is 12.8 Å². The highest BCUT2D eigenvalue weighted by molar-refractivity contribution is 5.81. The van der Waals surface area contributed by atoms with Gasteiger partial charge in [-0.1, -0.05) is 134 Å². The van der Waals surface area contributed by atoms with Crippen LogP contribution in [-0.4, -0.2) is 5.78 Å². The Balaban J connectivity index is 2.01. The van der Waals surface area contributed by atoms with Crippen molar-refractivity contribution >= 4 is 5.78 Å². The largest absolute Gasteiger partial charge is 0.300 e. The van der Waals surface area contributed by atoms with Gasteiger partial charge >= 0.3 is 0 Å². The molecular weight excluding hydrogens is 448 g/mol. The van der Waals surface area contributed by atoms with E-state index in [1.165, 1.54) is 148 Å². The lowest BCUT2D eigenvalue weighted by atomic mass is 9.76. The highest BCUT2D eigenvalue weighted by atomic mass is 16.1. The van der Waals surface area contributed by atoms with E-state index in [9.17, 15) is 4.79 Å². The Morgan fingerprint density at radius 3 is 1.49 bits per heavy atom. The number of carbonyl (C=O) groups is 1. The number of unbranched alkanes of at least 4 members (excludes halogenated alkanes) is 16. The molecule has 0 aromatic carbocycles. The predicted molar refractivity (Wildman–Crippen MR) is 166 cm³/mol. The summed E-state index contributed by atoms with van der Waals surface area (Å²) in [4.78, 5) is 12.1. The van der Waals surface area contributed by atoms with Gasteiger partial charge in [0.2, 0.25) is 0 Å².